The molecule has 0 amide bonds. The van der Waals surface area contributed by atoms with Crippen LogP contribution in [0.25, 0.3) is 0 Å². The molecule has 0 aromatic heterocycles. The van der Waals surface area contributed by atoms with Gasteiger partial charge < -0.3 is 5.11 Å². The van der Waals surface area contributed by atoms with Crippen LogP contribution in [-0.4, -0.2) is 29.7 Å². The van der Waals surface area contributed by atoms with E-state index in [4.69, 9.17) is 5.11 Å². The van der Waals surface area contributed by atoms with Gasteiger partial charge in [0.2, 0.25) is 0 Å². The summed E-state index contributed by atoms with van der Waals surface area (Å²) < 4.78 is 81.9. The zero-order valence-electron chi connectivity index (χ0n) is 6.01. The lowest BCUT2D eigenvalue weighted by atomic mass is 10.0. The fourth-order valence-corrected chi connectivity index (χ4v) is 0.598. The summed E-state index contributed by atoms with van der Waals surface area (Å²) in [5.74, 6) is 0. The highest BCUT2D eigenvalue weighted by molar-refractivity contribution is 4.94. The summed E-state index contributed by atoms with van der Waals surface area (Å²) in [5, 5.41) is 7.89. The van der Waals surface area contributed by atoms with E-state index in [1.54, 1.807) is 0 Å². The fraction of sp³-hybridized carbons (Fsp3) is 1.00. The minimum atomic E-state index is -6.06. The van der Waals surface area contributed by atoms with Crippen molar-refractivity contribution in [3.63, 3.8) is 0 Å². The highest BCUT2D eigenvalue weighted by Gasteiger charge is 2.71. The number of aliphatic hydroxyl groups excluding tert-OH is 1. The SMILES string of the molecule is OCCC(F)(C(F)(F)F)C(F)(F)F. The molecule has 13 heavy (non-hydrogen) atoms. The van der Waals surface area contributed by atoms with E-state index in [1.165, 1.54) is 0 Å². The average Bonchev–Trinajstić information content (AvgIpc) is 1.82. The molecule has 0 aromatic rings. The summed E-state index contributed by atoms with van der Waals surface area (Å²) >= 11 is 0. The van der Waals surface area contributed by atoms with E-state index in [0.29, 0.717) is 0 Å². The average molecular weight is 214 g/mol. The molecule has 0 rings (SSSR count). The van der Waals surface area contributed by atoms with Crippen molar-refractivity contribution in [1.82, 2.24) is 0 Å². The first-order valence-electron chi connectivity index (χ1n) is 2.99. The maximum absolute atomic E-state index is 12.4. The zero-order chi connectivity index (χ0) is 10.9. The maximum atomic E-state index is 12.4. The van der Waals surface area contributed by atoms with E-state index in [-0.39, 0.29) is 0 Å². The third kappa shape index (κ3) is 2.23. The minimum Gasteiger partial charge on any atom is -0.396 e. The summed E-state index contributed by atoms with van der Waals surface area (Å²) in [6.45, 7) is -1.53. The molecule has 0 spiro atoms. The molecule has 0 radical (unpaired) electrons. The molecule has 0 unspecified atom stereocenters. The van der Waals surface area contributed by atoms with Gasteiger partial charge in [-0.3, -0.25) is 0 Å². The normalized spacial score (nSPS) is 14.8. The second-order valence-corrected chi connectivity index (χ2v) is 2.27. The van der Waals surface area contributed by atoms with Gasteiger partial charge in [-0.25, -0.2) is 4.39 Å². The molecule has 1 nitrogen and oxygen atoms in total. The summed E-state index contributed by atoms with van der Waals surface area (Å²) in [4.78, 5) is 0. The Morgan fingerprint density at radius 1 is 0.769 bits per heavy atom. The molecule has 80 valence electrons. The summed E-state index contributed by atoms with van der Waals surface area (Å²) in [5.41, 5.74) is -5.32. The standard InChI is InChI=1S/C5H5F7O/c6-3(1-2-13,4(7,8)9)5(10,11)12/h13H,1-2H2. The minimum absolute atomic E-state index is 1.53. The molecular weight excluding hydrogens is 209 g/mol. The number of halogens is 7. The monoisotopic (exact) mass is 214 g/mol. The van der Waals surface area contributed by atoms with Crippen molar-refractivity contribution in [1.29, 1.82) is 0 Å². The molecule has 0 aliphatic heterocycles. The fourth-order valence-electron chi connectivity index (χ4n) is 0.598. The van der Waals surface area contributed by atoms with Crippen molar-refractivity contribution < 1.29 is 35.8 Å². The van der Waals surface area contributed by atoms with E-state index in [0.717, 1.165) is 0 Å². The Kier molecular flexibility index (Phi) is 3.18. The first-order chi connectivity index (χ1) is 5.56. The van der Waals surface area contributed by atoms with Crippen LogP contribution in [0.15, 0.2) is 0 Å². The quantitative estimate of drug-likeness (QED) is 0.698. The molecular formula is C5H5F7O. The Morgan fingerprint density at radius 2 is 1.08 bits per heavy atom. The maximum Gasteiger partial charge on any atom is 0.431 e. The predicted molar refractivity (Wildman–Crippen MR) is 27.7 cm³/mol. The number of hydrogen-bond acceptors (Lipinski definition) is 1. The van der Waals surface area contributed by atoms with Gasteiger partial charge in [0.1, 0.15) is 0 Å². The van der Waals surface area contributed by atoms with Crippen LogP contribution in [0.4, 0.5) is 30.7 Å². The number of alkyl halides is 7. The van der Waals surface area contributed by atoms with Gasteiger partial charge in [-0.15, -0.1) is 0 Å². The van der Waals surface area contributed by atoms with E-state index in [2.05, 4.69) is 0 Å². The predicted octanol–water partition coefficient (Wildman–Crippen LogP) is 2.20. The van der Waals surface area contributed by atoms with Crippen molar-refractivity contribution in [3.8, 4) is 0 Å². The molecule has 0 saturated carbocycles. The highest BCUT2D eigenvalue weighted by Crippen LogP contribution is 2.47. The molecule has 8 heteroatoms. The summed E-state index contributed by atoms with van der Waals surface area (Å²) in [6, 6.07) is 0. The Morgan fingerprint density at radius 3 is 1.15 bits per heavy atom. The van der Waals surface area contributed by atoms with Crippen molar-refractivity contribution in [3.05, 3.63) is 0 Å². The van der Waals surface area contributed by atoms with E-state index in [1.807, 2.05) is 0 Å². The molecule has 0 atom stereocenters. The van der Waals surface area contributed by atoms with Gasteiger partial charge in [-0.2, -0.15) is 26.3 Å². The lowest BCUT2D eigenvalue weighted by Gasteiger charge is -2.29. The van der Waals surface area contributed by atoms with Gasteiger partial charge in [0, 0.05) is 13.0 Å². The van der Waals surface area contributed by atoms with Crippen LogP contribution in [0.2, 0.25) is 0 Å². The van der Waals surface area contributed by atoms with E-state index >= 15 is 0 Å². The van der Waals surface area contributed by atoms with Crippen molar-refractivity contribution in [2.45, 2.75) is 24.4 Å². The lowest BCUT2D eigenvalue weighted by Crippen LogP contribution is -2.53. The van der Waals surface area contributed by atoms with Crippen LogP contribution in [-0.2, 0) is 0 Å². The second-order valence-electron chi connectivity index (χ2n) is 2.27. The van der Waals surface area contributed by atoms with E-state index in [9.17, 15) is 30.7 Å². The van der Waals surface area contributed by atoms with Crippen molar-refractivity contribution in [2.75, 3.05) is 6.61 Å². The third-order valence-electron chi connectivity index (χ3n) is 1.35. The molecule has 0 bridgehead atoms. The molecule has 1 N–H and O–H groups in total. The molecule has 0 heterocycles. The lowest BCUT2D eigenvalue weighted by molar-refractivity contribution is -0.344. The van der Waals surface area contributed by atoms with Crippen molar-refractivity contribution >= 4 is 0 Å². The van der Waals surface area contributed by atoms with Crippen LogP contribution in [0.5, 0.6) is 0 Å². The Balaban J connectivity index is 4.96. The van der Waals surface area contributed by atoms with Gasteiger partial charge in [0.15, 0.2) is 0 Å². The van der Waals surface area contributed by atoms with Gasteiger partial charge >= 0.3 is 18.0 Å². The van der Waals surface area contributed by atoms with Gasteiger partial charge in [-0.1, -0.05) is 0 Å². The zero-order valence-corrected chi connectivity index (χ0v) is 6.01. The summed E-state index contributed by atoms with van der Waals surface area (Å²) in [7, 11) is 0. The summed E-state index contributed by atoms with van der Waals surface area (Å²) in [6.07, 6.45) is -14.2. The van der Waals surface area contributed by atoms with E-state index < -0.39 is 31.0 Å². The van der Waals surface area contributed by atoms with Crippen LogP contribution in [0, 0.1) is 0 Å². The van der Waals surface area contributed by atoms with Gasteiger partial charge in [0.05, 0.1) is 0 Å². The topological polar surface area (TPSA) is 20.2 Å². The first-order valence-corrected chi connectivity index (χ1v) is 2.99. The number of aliphatic hydroxyl groups is 1. The molecule has 0 fully saturated rings. The Labute approximate surface area is 68.2 Å². The molecule has 0 aliphatic carbocycles. The molecule has 0 aromatic carbocycles. The highest BCUT2D eigenvalue weighted by atomic mass is 19.4. The van der Waals surface area contributed by atoms with Gasteiger partial charge in [0.25, 0.3) is 0 Å². The third-order valence-corrected chi connectivity index (χ3v) is 1.35. The van der Waals surface area contributed by atoms with Crippen molar-refractivity contribution in [2.24, 2.45) is 0 Å². The van der Waals surface area contributed by atoms with Crippen LogP contribution >= 0.6 is 0 Å². The van der Waals surface area contributed by atoms with Crippen LogP contribution in [0.3, 0.4) is 0 Å². The second kappa shape index (κ2) is 3.32. The number of rotatable bonds is 2. The Bertz CT molecular complexity index is 155. The van der Waals surface area contributed by atoms with Crippen LogP contribution in [0.1, 0.15) is 6.42 Å². The molecule has 0 saturated heterocycles. The smallest absolute Gasteiger partial charge is 0.396 e. The largest absolute Gasteiger partial charge is 0.431 e. The van der Waals surface area contributed by atoms with Gasteiger partial charge in [-0.05, 0) is 0 Å². The molecule has 0 aliphatic rings. The van der Waals surface area contributed by atoms with Crippen LogP contribution < -0.4 is 0 Å². The number of hydrogen-bond donors (Lipinski definition) is 1. The first kappa shape index (κ1) is 12.5. The Hall–Kier alpha value is -0.530.